The highest BCUT2D eigenvalue weighted by molar-refractivity contribution is 14.1. The molecule has 41 heavy (non-hydrogen) atoms. The number of fused-ring (bicyclic) bond motifs is 3. The van der Waals surface area contributed by atoms with Gasteiger partial charge in [-0.2, -0.15) is 0 Å². The molecule has 0 saturated carbocycles. The van der Waals surface area contributed by atoms with Crippen LogP contribution in [0, 0.1) is 21.3 Å². The number of phenols is 1. The lowest BCUT2D eigenvalue weighted by atomic mass is 9.55. The fourth-order valence-electron chi connectivity index (χ4n) is 6.54. The number of methoxy groups -OCH3 is 1. The van der Waals surface area contributed by atoms with E-state index in [9.17, 15) is 19.7 Å². The SMILES string of the molecule is CCC1=C2B(O)O[C@H](c3cc(I)c(O)c(OC)c3)C[C@H]2[C@H]2C(=O)N(c3ccc(Nc4ccccc4)cc3)C(=O)[C@H]2C1. The molecule has 0 radical (unpaired) electrons. The lowest BCUT2D eigenvalue weighted by Gasteiger charge is -2.42. The van der Waals surface area contributed by atoms with Crippen LogP contribution < -0.4 is 15.0 Å². The number of carbonyl (C=O) groups is 2. The first kappa shape index (κ1) is 27.8. The van der Waals surface area contributed by atoms with Crippen molar-refractivity contribution in [3.63, 3.8) is 0 Å². The van der Waals surface area contributed by atoms with Crippen LogP contribution >= 0.6 is 22.6 Å². The number of rotatable bonds is 6. The molecule has 0 aromatic heterocycles. The zero-order chi connectivity index (χ0) is 28.8. The monoisotopic (exact) mass is 664 g/mol. The zero-order valence-corrected chi connectivity index (χ0v) is 24.9. The molecule has 3 N–H and O–H groups in total. The molecule has 3 aromatic carbocycles. The topological polar surface area (TPSA) is 108 Å². The molecule has 2 fully saturated rings. The Morgan fingerprint density at radius 1 is 1.05 bits per heavy atom. The lowest BCUT2D eigenvalue weighted by molar-refractivity contribution is -0.123. The van der Waals surface area contributed by atoms with E-state index in [1.165, 1.54) is 12.0 Å². The molecule has 1 aliphatic carbocycles. The van der Waals surface area contributed by atoms with Gasteiger partial charge in [0.25, 0.3) is 0 Å². The van der Waals surface area contributed by atoms with Crippen molar-refractivity contribution in [3.05, 3.63) is 86.9 Å². The van der Waals surface area contributed by atoms with Gasteiger partial charge in [0.2, 0.25) is 11.8 Å². The number of carbonyl (C=O) groups excluding carboxylic acids is 2. The summed E-state index contributed by atoms with van der Waals surface area (Å²) in [5.74, 6) is -1.53. The average Bonchev–Trinajstić information content (AvgIpc) is 3.24. The fourth-order valence-corrected chi connectivity index (χ4v) is 7.16. The number of imide groups is 1. The predicted octanol–water partition coefficient (Wildman–Crippen LogP) is 5.76. The third kappa shape index (κ3) is 4.91. The fraction of sp³-hybridized carbons (Fsp3) is 0.290. The van der Waals surface area contributed by atoms with Crippen molar-refractivity contribution >= 4 is 58.6 Å². The van der Waals surface area contributed by atoms with Crippen molar-refractivity contribution in [3.8, 4) is 11.5 Å². The van der Waals surface area contributed by atoms with E-state index >= 15 is 0 Å². The number of phenolic OH excluding ortho intramolecular Hbond substituents is 1. The number of amides is 2. The molecular formula is C31H30BIN2O6. The minimum Gasteiger partial charge on any atom is -0.504 e. The van der Waals surface area contributed by atoms with E-state index in [0.29, 0.717) is 34.3 Å². The first-order valence-electron chi connectivity index (χ1n) is 13.7. The lowest BCUT2D eigenvalue weighted by Crippen LogP contribution is -2.44. The first-order chi connectivity index (χ1) is 19.8. The summed E-state index contributed by atoms with van der Waals surface area (Å²) >= 11 is 2.03. The molecule has 2 heterocycles. The highest BCUT2D eigenvalue weighted by Crippen LogP contribution is 2.53. The van der Waals surface area contributed by atoms with Gasteiger partial charge in [-0.25, -0.2) is 0 Å². The smallest absolute Gasteiger partial charge is 0.487 e. The van der Waals surface area contributed by atoms with Crippen LogP contribution in [0.2, 0.25) is 0 Å². The van der Waals surface area contributed by atoms with Gasteiger partial charge in [-0.15, -0.1) is 0 Å². The molecule has 2 amide bonds. The Hall–Kier alpha value is -3.35. The summed E-state index contributed by atoms with van der Waals surface area (Å²) in [7, 11) is 0.292. The van der Waals surface area contributed by atoms with Crippen molar-refractivity contribution in [2.45, 2.75) is 32.3 Å². The molecule has 4 atom stereocenters. The number of hydrogen-bond donors (Lipinski definition) is 3. The van der Waals surface area contributed by atoms with Crippen molar-refractivity contribution in [2.75, 3.05) is 17.3 Å². The molecule has 3 aliphatic rings. The van der Waals surface area contributed by atoms with Gasteiger partial charge in [-0.05, 0) is 107 Å². The number of nitrogens with zero attached hydrogens (tertiary/aromatic N) is 1. The Morgan fingerprint density at radius 3 is 2.44 bits per heavy atom. The predicted molar refractivity (Wildman–Crippen MR) is 165 cm³/mol. The van der Waals surface area contributed by atoms with Crippen LogP contribution in [0.25, 0.3) is 0 Å². The number of allylic oxidation sites excluding steroid dienone is 2. The molecule has 10 heteroatoms. The van der Waals surface area contributed by atoms with Gasteiger partial charge in [0, 0.05) is 11.4 Å². The number of anilines is 3. The van der Waals surface area contributed by atoms with Crippen molar-refractivity contribution in [1.82, 2.24) is 0 Å². The highest BCUT2D eigenvalue weighted by Gasteiger charge is 2.58. The molecule has 0 unspecified atom stereocenters. The number of ether oxygens (including phenoxy) is 1. The van der Waals surface area contributed by atoms with Crippen LogP contribution in [-0.2, 0) is 14.2 Å². The van der Waals surface area contributed by atoms with Crippen LogP contribution in [-0.4, -0.2) is 36.2 Å². The summed E-state index contributed by atoms with van der Waals surface area (Å²) in [5, 5.41) is 24.9. The standard InChI is InChI=1S/C31H30BIN2O6/c1-3-17-13-23-27(22-16-25(41-32(39)28(17)22)18-14-24(33)29(36)26(15-18)40-2)31(38)35(30(23)37)21-11-9-20(10-12-21)34-19-7-5-4-6-8-19/h4-12,14-15,22-23,25,27,34,36,39H,3,13,16H2,1-2H3/t22-,23-,25-,27+/m0/s1. The van der Waals surface area contributed by atoms with Crippen molar-refractivity contribution < 1.29 is 29.1 Å². The minimum absolute atomic E-state index is 0.0389. The molecule has 0 spiro atoms. The van der Waals surface area contributed by atoms with Crippen molar-refractivity contribution in [2.24, 2.45) is 17.8 Å². The molecule has 6 rings (SSSR count). The maximum absolute atomic E-state index is 14.0. The van der Waals surface area contributed by atoms with Crippen LogP contribution in [0.4, 0.5) is 17.1 Å². The second-order valence-electron chi connectivity index (χ2n) is 10.7. The Kier molecular flexibility index (Phi) is 7.56. The van der Waals surface area contributed by atoms with Crippen LogP contribution in [0.3, 0.4) is 0 Å². The largest absolute Gasteiger partial charge is 0.504 e. The molecule has 210 valence electrons. The van der Waals surface area contributed by atoms with E-state index in [-0.39, 0.29) is 23.5 Å². The number of para-hydroxylation sites is 1. The third-order valence-electron chi connectivity index (χ3n) is 8.47. The third-order valence-corrected chi connectivity index (χ3v) is 9.29. The van der Waals surface area contributed by atoms with Gasteiger partial charge in [0.15, 0.2) is 11.5 Å². The molecule has 2 aliphatic heterocycles. The van der Waals surface area contributed by atoms with E-state index in [4.69, 9.17) is 9.39 Å². The van der Waals surface area contributed by atoms with Crippen molar-refractivity contribution in [1.29, 1.82) is 0 Å². The molecule has 3 aromatic rings. The van der Waals surface area contributed by atoms with E-state index in [0.717, 1.165) is 28.0 Å². The summed E-state index contributed by atoms with van der Waals surface area (Å²) in [4.78, 5) is 29.1. The normalized spacial score (nSPS) is 23.9. The molecule has 0 bridgehead atoms. The Balaban J connectivity index is 1.30. The van der Waals surface area contributed by atoms with Crippen LogP contribution in [0.1, 0.15) is 37.9 Å². The second-order valence-corrected chi connectivity index (χ2v) is 11.8. The van der Waals surface area contributed by atoms with E-state index < -0.39 is 25.1 Å². The summed E-state index contributed by atoms with van der Waals surface area (Å²) in [5.41, 5.74) is 4.77. The zero-order valence-electron chi connectivity index (χ0n) is 22.7. The van der Waals surface area contributed by atoms with Gasteiger partial charge in [0.05, 0.1) is 34.3 Å². The highest BCUT2D eigenvalue weighted by atomic mass is 127. The summed E-state index contributed by atoms with van der Waals surface area (Å²) in [6, 6.07) is 20.6. The van der Waals surface area contributed by atoms with E-state index in [1.807, 2.05) is 72.0 Å². The van der Waals surface area contributed by atoms with Gasteiger partial charge < -0.3 is 24.8 Å². The average molecular weight is 664 g/mol. The minimum atomic E-state index is -1.19. The van der Waals surface area contributed by atoms with Gasteiger partial charge in [0.1, 0.15) is 0 Å². The molecule has 2 saturated heterocycles. The Morgan fingerprint density at radius 2 is 1.76 bits per heavy atom. The maximum Gasteiger partial charge on any atom is 0.487 e. The van der Waals surface area contributed by atoms with Gasteiger partial charge >= 0.3 is 7.12 Å². The quantitative estimate of drug-likeness (QED) is 0.175. The molecular weight excluding hydrogens is 634 g/mol. The number of aromatic hydroxyl groups is 1. The van der Waals surface area contributed by atoms with E-state index in [2.05, 4.69) is 5.32 Å². The second kappa shape index (κ2) is 11.1. The summed E-state index contributed by atoms with van der Waals surface area (Å²) < 4.78 is 12.0. The number of nitrogens with one attached hydrogen (secondary N) is 1. The summed E-state index contributed by atoms with van der Waals surface area (Å²) in [6.45, 7) is 2.00. The van der Waals surface area contributed by atoms with Crippen LogP contribution in [0.15, 0.2) is 77.8 Å². The number of hydrogen-bond acceptors (Lipinski definition) is 7. The Bertz CT molecular complexity index is 1530. The number of benzene rings is 3. The van der Waals surface area contributed by atoms with E-state index in [1.54, 1.807) is 24.3 Å². The van der Waals surface area contributed by atoms with Gasteiger partial charge in [-0.3, -0.25) is 14.5 Å². The van der Waals surface area contributed by atoms with Crippen LogP contribution in [0.5, 0.6) is 11.5 Å². The number of halogens is 1. The van der Waals surface area contributed by atoms with Gasteiger partial charge in [-0.1, -0.05) is 30.7 Å². The first-order valence-corrected chi connectivity index (χ1v) is 14.8. The Labute approximate surface area is 252 Å². The molecule has 8 nitrogen and oxygen atoms in total. The summed E-state index contributed by atoms with van der Waals surface area (Å²) in [6.07, 6.45) is 0.969. The maximum atomic E-state index is 14.0.